The molecule has 5 atom stereocenters. The molecular weight excluding hydrogens is 432 g/mol. The van der Waals surface area contributed by atoms with E-state index in [1.165, 1.54) is 12.8 Å². The molecule has 7 rings (SSSR count). The number of morpholine rings is 1. The maximum Gasteiger partial charge on any atom is 0.408 e. The average molecular weight is 467 g/mol. The Labute approximate surface area is 200 Å². The Morgan fingerprint density at radius 2 is 2.12 bits per heavy atom. The van der Waals surface area contributed by atoms with Crippen molar-refractivity contribution in [3.63, 3.8) is 0 Å². The van der Waals surface area contributed by atoms with E-state index in [4.69, 9.17) is 9.47 Å². The lowest BCUT2D eigenvalue weighted by Gasteiger charge is -2.64. The SMILES string of the molecule is CCC12CN3CCC1CC3[C@H](c1ccnc3ccc(NC(=O)CNC(=O)OC(C)(C)C)cc13)O2. The lowest BCUT2D eigenvalue weighted by molar-refractivity contribution is -0.274. The number of anilines is 1. The number of fused-ring (bicyclic) bond motifs is 3. The largest absolute Gasteiger partial charge is 0.444 e. The van der Waals surface area contributed by atoms with Crippen LogP contribution in [0.4, 0.5) is 10.5 Å². The minimum atomic E-state index is -0.619. The molecule has 0 saturated carbocycles. The Hall–Kier alpha value is -2.71. The van der Waals surface area contributed by atoms with Gasteiger partial charge in [0, 0.05) is 29.9 Å². The molecule has 182 valence electrons. The van der Waals surface area contributed by atoms with E-state index in [2.05, 4.69) is 33.5 Å². The highest BCUT2D eigenvalue weighted by Crippen LogP contribution is 2.54. The number of nitrogens with zero attached hydrogens (tertiary/aromatic N) is 2. The summed E-state index contributed by atoms with van der Waals surface area (Å²) in [5.74, 6) is 0.321. The number of nitrogens with one attached hydrogen (secondary N) is 2. The zero-order chi connectivity index (χ0) is 24.1. The van der Waals surface area contributed by atoms with Gasteiger partial charge in [0.1, 0.15) is 12.1 Å². The molecular formula is C26H34N4O4. The van der Waals surface area contributed by atoms with Crippen LogP contribution in [0, 0.1) is 5.92 Å². The topological polar surface area (TPSA) is 92.8 Å². The Bertz CT molecular complexity index is 1110. The van der Waals surface area contributed by atoms with E-state index >= 15 is 0 Å². The van der Waals surface area contributed by atoms with Crippen molar-refractivity contribution in [3.8, 4) is 0 Å². The van der Waals surface area contributed by atoms with E-state index < -0.39 is 11.7 Å². The Morgan fingerprint density at radius 3 is 2.82 bits per heavy atom. The van der Waals surface area contributed by atoms with E-state index in [-0.39, 0.29) is 24.2 Å². The monoisotopic (exact) mass is 466 g/mol. The van der Waals surface area contributed by atoms with Gasteiger partial charge in [0.05, 0.1) is 17.2 Å². The number of benzene rings is 1. The van der Waals surface area contributed by atoms with Crippen LogP contribution in [0.2, 0.25) is 0 Å². The Kier molecular flexibility index (Phi) is 5.76. The van der Waals surface area contributed by atoms with E-state index in [1.807, 2.05) is 24.4 Å². The molecule has 0 spiro atoms. The summed E-state index contributed by atoms with van der Waals surface area (Å²) in [6.45, 7) is 9.58. The van der Waals surface area contributed by atoms with Crippen LogP contribution >= 0.6 is 0 Å². The summed E-state index contributed by atoms with van der Waals surface area (Å²) < 4.78 is 12.0. The lowest BCUT2D eigenvalue weighted by atomic mass is 9.66. The summed E-state index contributed by atoms with van der Waals surface area (Å²) >= 11 is 0. The van der Waals surface area contributed by atoms with Gasteiger partial charge in [0.25, 0.3) is 0 Å². The first-order chi connectivity index (χ1) is 16.2. The fourth-order valence-electron chi connectivity index (χ4n) is 5.89. The van der Waals surface area contributed by atoms with Crippen molar-refractivity contribution >= 4 is 28.6 Å². The highest BCUT2D eigenvalue weighted by atomic mass is 16.6. The van der Waals surface area contributed by atoms with Crippen molar-refractivity contribution < 1.29 is 19.1 Å². The molecule has 5 aliphatic rings. The molecule has 1 aromatic heterocycles. The standard InChI is InChI=1S/C26H34N4O4/c1-5-26-15-30-11-9-16(26)12-21(30)23(33-26)18-8-10-27-20-7-6-17(13-19(18)20)29-22(31)14-28-24(32)34-25(2,3)4/h6-8,10,13,16,21,23H,5,9,11-12,14-15H2,1-4H3,(H,28,32)(H,29,31)/t16?,21?,23-,26?/m0/s1. The van der Waals surface area contributed by atoms with Crippen LogP contribution in [0.1, 0.15) is 58.6 Å². The number of carbonyl (C=O) groups excluding carboxylic acids is 2. The fourth-order valence-corrected chi connectivity index (χ4v) is 5.89. The molecule has 34 heavy (non-hydrogen) atoms. The van der Waals surface area contributed by atoms with Crippen LogP contribution in [0.3, 0.4) is 0 Å². The zero-order valence-electron chi connectivity index (χ0n) is 20.4. The quantitative estimate of drug-likeness (QED) is 0.692. The molecule has 6 heterocycles. The molecule has 8 nitrogen and oxygen atoms in total. The first-order valence-electron chi connectivity index (χ1n) is 12.2. The predicted molar refractivity (Wildman–Crippen MR) is 130 cm³/mol. The second kappa shape index (κ2) is 8.50. The lowest BCUT2D eigenvalue weighted by Crippen LogP contribution is -2.70. The molecule has 4 unspecified atom stereocenters. The van der Waals surface area contributed by atoms with Crippen LogP contribution < -0.4 is 10.6 Å². The number of ether oxygens (including phenoxy) is 2. The van der Waals surface area contributed by atoms with Crippen molar-refractivity contribution in [1.29, 1.82) is 0 Å². The number of piperidine rings is 3. The van der Waals surface area contributed by atoms with Crippen molar-refractivity contribution in [2.75, 3.05) is 25.0 Å². The number of carbonyl (C=O) groups is 2. The van der Waals surface area contributed by atoms with Crippen LogP contribution in [0.15, 0.2) is 30.5 Å². The van der Waals surface area contributed by atoms with Gasteiger partial charge in [-0.2, -0.15) is 0 Å². The number of hydrogen-bond acceptors (Lipinski definition) is 6. The number of hydrogen-bond donors (Lipinski definition) is 2. The zero-order valence-corrected chi connectivity index (χ0v) is 20.4. The fraction of sp³-hybridized carbons (Fsp3) is 0.577. The third-order valence-electron chi connectivity index (χ3n) is 7.44. The van der Waals surface area contributed by atoms with Gasteiger partial charge in [0.2, 0.25) is 5.91 Å². The van der Waals surface area contributed by atoms with Crippen LogP contribution in [0.25, 0.3) is 10.9 Å². The average Bonchev–Trinajstić information content (AvgIpc) is 2.81. The highest BCUT2D eigenvalue weighted by Gasteiger charge is 2.58. The second-order valence-corrected chi connectivity index (χ2v) is 10.8. The summed E-state index contributed by atoms with van der Waals surface area (Å²) in [7, 11) is 0. The number of rotatable bonds is 5. The minimum absolute atomic E-state index is 0.00413. The van der Waals surface area contributed by atoms with Crippen LogP contribution in [-0.4, -0.2) is 58.8 Å². The van der Waals surface area contributed by atoms with E-state index in [1.54, 1.807) is 20.8 Å². The molecule has 4 bridgehead atoms. The molecule has 5 saturated heterocycles. The van der Waals surface area contributed by atoms with Crippen molar-refractivity contribution in [2.24, 2.45) is 5.92 Å². The summed E-state index contributed by atoms with van der Waals surface area (Å²) in [5.41, 5.74) is 1.98. The molecule has 0 radical (unpaired) electrons. The van der Waals surface area contributed by atoms with Crippen LogP contribution in [-0.2, 0) is 14.3 Å². The number of pyridine rings is 1. The minimum Gasteiger partial charge on any atom is -0.444 e. The number of aromatic nitrogens is 1. The molecule has 2 N–H and O–H groups in total. The predicted octanol–water partition coefficient (Wildman–Crippen LogP) is 4.01. The number of alkyl carbamates (subject to hydrolysis) is 1. The van der Waals surface area contributed by atoms with Gasteiger partial charge in [-0.15, -0.1) is 0 Å². The Morgan fingerprint density at radius 1 is 1.29 bits per heavy atom. The van der Waals surface area contributed by atoms with Crippen LogP contribution in [0.5, 0.6) is 0 Å². The van der Waals surface area contributed by atoms with Crippen molar-refractivity contribution in [2.45, 2.75) is 70.3 Å². The first-order valence-corrected chi connectivity index (χ1v) is 12.2. The molecule has 5 aliphatic heterocycles. The summed E-state index contributed by atoms with van der Waals surface area (Å²) in [6.07, 6.45) is 4.64. The summed E-state index contributed by atoms with van der Waals surface area (Å²) in [5, 5.41) is 6.35. The smallest absolute Gasteiger partial charge is 0.408 e. The van der Waals surface area contributed by atoms with Gasteiger partial charge < -0.3 is 20.1 Å². The molecule has 1 aromatic carbocycles. The van der Waals surface area contributed by atoms with E-state index in [0.29, 0.717) is 17.6 Å². The van der Waals surface area contributed by atoms with Gasteiger partial charge in [-0.05, 0) is 82.3 Å². The van der Waals surface area contributed by atoms with Gasteiger partial charge in [-0.1, -0.05) is 6.92 Å². The van der Waals surface area contributed by atoms with Gasteiger partial charge in [0.15, 0.2) is 0 Å². The summed E-state index contributed by atoms with van der Waals surface area (Å²) in [4.78, 5) is 31.4. The normalized spacial score (nSPS) is 29.8. The highest BCUT2D eigenvalue weighted by molar-refractivity contribution is 5.96. The number of amides is 2. The molecule has 5 fully saturated rings. The molecule has 0 aliphatic carbocycles. The molecule has 2 aromatic rings. The van der Waals surface area contributed by atoms with Crippen molar-refractivity contribution in [1.82, 2.24) is 15.2 Å². The van der Waals surface area contributed by atoms with Gasteiger partial charge in [-0.25, -0.2) is 4.79 Å². The molecule has 8 heteroatoms. The van der Waals surface area contributed by atoms with E-state index in [9.17, 15) is 9.59 Å². The van der Waals surface area contributed by atoms with Gasteiger partial charge in [-0.3, -0.25) is 14.7 Å². The van der Waals surface area contributed by atoms with Gasteiger partial charge >= 0.3 is 6.09 Å². The van der Waals surface area contributed by atoms with Crippen molar-refractivity contribution in [3.05, 3.63) is 36.0 Å². The maximum atomic E-state index is 12.4. The summed E-state index contributed by atoms with van der Waals surface area (Å²) in [6, 6.07) is 8.15. The third-order valence-corrected chi connectivity index (χ3v) is 7.44. The second-order valence-electron chi connectivity index (χ2n) is 10.8. The Balaban J connectivity index is 1.34. The van der Waals surface area contributed by atoms with E-state index in [0.717, 1.165) is 36.0 Å². The molecule has 2 amide bonds. The first kappa shape index (κ1) is 23.1. The third kappa shape index (κ3) is 4.25. The maximum absolute atomic E-state index is 12.4.